The molecule has 1 aromatic carbocycles. The number of aromatic nitrogens is 2. The van der Waals surface area contributed by atoms with Crippen molar-refractivity contribution in [3.8, 4) is 11.5 Å². The van der Waals surface area contributed by atoms with Gasteiger partial charge in [-0.25, -0.2) is 0 Å². The second kappa shape index (κ2) is 5.87. The molecule has 1 aliphatic rings. The lowest BCUT2D eigenvalue weighted by atomic mass is 10.1. The highest BCUT2D eigenvalue weighted by atomic mass is 16.5. The number of nitrogens with zero attached hydrogens (tertiary/aromatic N) is 1. The molecule has 110 valence electrons. The van der Waals surface area contributed by atoms with E-state index in [0.717, 1.165) is 29.2 Å². The molecule has 0 fully saturated rings. The fourth-order valence-corrected chi connectivity index (χ4v) is 2.24. The Hall–Kier alpha value is -2.50. The minimum atomic E-state index is -0.159. The third kappa shape index (κ3) is 2.84. The van der Waals surface area contributed by atoms with Gasteiger partial charge in [0.2, 0.25) is 0 Å². The van der Waals surface area contributed by atoms with Crippen LogP contribution in [0.2, 0.25) is 0 Å². The first-order valence-electron chi connectivity index (χ1n) is 6.91. The number of benzene rings is 1. The van der Waals surface area contributed by atoms with Crippen LogP contribution in [-0.2, 0) is 6.54 Å². The number of hydrogen-bond acceptors (Lipinski definition) is 4. The number of para-hydroxylation sites is 1. The first-order chi connectivity index (χ1) is 10.3. The Labute approximate surface area is 122 Å². The van der Waals surface area contributed by atoms with Gasteiger partial charge in [0.05, 0.1) is 25.0 Å². The van der Waals surface area contributed by atoms with Gasteiger partial charge in [0, 0.05) is 24.2 Å². The maximum absolute atomic E-state index is 12.1. The number of rotatable bonds is 3. The van der Waals surface area contributed by atoms with Gasteiger partial charge >= 0.3 is 0 Å². The molecule has 0 saturated heterocycles. The van der Waals surface area contributed by atoms with E-state index in [2.05, 4.69) is 15.5 Å². The quantitative estimate of drug-likeness (QED) is 0.902. The zero-order chi connectivity index (χ0) is 14.7. The van der Waals surface area contributed by atoms with Gasteiger partial charge in [-0.3, -0.25) is 9.89 Å². The first-order valence-corrected chi connectivity index (χ1v) is 6.91. The molecule has 0 bridgehead atoms. The number of amides is 1. The molecule has 0 unspecified atom stereocenters. The maximum Gasteiger partial charge on any atom is 0.255 e. The van der Waals surface area contributed by atoms with E-state index in [9.17, 15) is 4.79 Å². The highest BCUT2D eigenvalue weighted by Crippen LogP contribution is 2.33. The molecular formula is C15H17N3O3. The maximum atomic E-state index is 12.1. The molecule has 2 heterocycles. The molecule has 0 aliphatic carbocycles. The fourth-order valence-electron chi connectivity index (χ4n) is 2.24. The minimum absolute atomic E-state index is 0.159. The summed E-state index contributed by atoms with van der Waals surface area (Å²) in [6.07, 6.45) is 2.38. The predicted octanol–water partition coefficient (Wildman–Crippen LogP) is 1.81. The topological polar surface area (TPSA) is 76.2 Å². The standard InChI is InChI=1S/C15H17N3O3/c1-10-12(9-17-18-10)15(19)16-8-11-4-2-5-13-14(11)21-7-3-6-20-13/h2,4-5,9H,3,6-8H2,1H3,(H,16,19)(H,17,18). The van der Waals surface area contributed by atoms with E-state index in [1.807, 2.05) is 25.1 Å². The smallest absolute Gasteiger partial charge is 0.255 e. The van der Waals surface area contributed by atoms with Crippen LogP contribution in [0, 0.1) is 6.92 Å². The van der Waals surface area contributed by atoms with Crippen molar-refractivity contribution in [2.24, 2.45) is 0 Å². The molecule has 2 N–H and O–H groups in total. The van der Waals surface area contributed by atoms with Crippen molar-refractivity contribution in [3.05, 3.63) is 41.2 Å². The molecule has 1 aliphatic heterocycles. The number of fused-ring (bicyclic) bond motifs is 1. The molecule has 0 saturated carbocycles. The van der Waals surface area contributed by atoms with Gasteiger partial charge in [-0.15, -0.1) is 0 Å². The van der Waals surface area contributed by atoms with Crippen LogP contribution in [0.5, 0.6) is 11.5 Å². The average molecular weight is 287 g/mol. The van der Waals surface area contributed by atoms with E-state index < -0.39 is 0 Å². The van der Waals surface area contributed by atoms with E-state index in [-0.39, 0.29) is 5.91 Å². The Kier molecular flexibility index (Phi) is 3.77. The molecule has 6 nitrogen and oxygen atoms in total. The lowest BCUT2D eigenvalue weighted by Gasteiger charge is -2.13. The zero-order valence-electron chi connectivity index (χ0n) is 11.8. The molecule has 21 heavy (non-hydrogen) atoms. The average Bonchev–Trinajstić information content (AvgIpc) is 2.77. The van der Waals surface area contributed by atoms with Gasteiger partial charge in [0.25, 0.3) is 5.91 Å². The first kappa shape index (κ1) is 13.5. The Morgan fingerprint density at radius 3 is 3.05 bits per heavy atom. The van der Waals surface area contributed by atoms with Gasteiger partial charge < -0.3 is 14.8 Å². The lowest BCUT2D eigenvalue weighted by Crippen LogP contribution is -2.23. The van der Waals surface area contributed by atoms with Crippen molar-refractivity contribution in [1.82, 2.24) is 15.5 Å². The van der Waals surface area contributed by atoms with Gasteiger partial charge in [-0.1, -0.05) is 12.1 Å². The summed E-state index contributed by atoms with van der Waals surface area (Å²) >= 11 is 0. The van der Waals surface area contributed by atoms with E-state index in [1.165, 1.54) is 6.20 Å². The number of H-pyrrole nitrogens is 1. The third-order valence-corrected chi connectivity index (χ3v) is 3.37. The largest absolute Gasteiger partial charge is 0.490 e. The summed E-state index contributed by atoms with van der Waals surface area (Å²) in [4.78, 5) is 12.1. The summed E-state index contributed by atoms with van der Waals surface area (Å²) in [5.74, 6) is 1.30. The van der Waals surface area contributed by atoms with Crippen LogP contribution in [0.3, 0.4) is 0 Å². The minimum Gasteiger partial charge on any atom is -0.490 e. The molecule has 0 atom stereocenters. The molecule has 0 spiro atoms. The van der Waals surface area contributed by atoms with Crippen LogP contribution in [0.15, 0.2) is 24.4 Å². The SMILES string of the molecule is Cc1[nH]ncc1C(=O)NCc1cccc2c1OCCCO2. The fraction of sp³-hybridized carbons (Fsp3) is 0.333. The van der Waals surface area contributed by atoms with Gasteiger partial charge in [-0.05, 0) is 13.0 Å². The summed E-state index contributed by atoms with van der Waals surface area (Å²) < 4.78 is 11.4. The third-order valence-electron chi connectivity index (χ3n) is 3.37. The van der Waals surface area contributed by atoms with E-state index in [4.69, 9.17) is 9.47 Å². The van der Waals surface area contributed by atoms with Gasteiger partial charge in [0.1, 0.15) is 0 Å². The number of aryl methyl sites for hydroxylation is 1. The number of carbonyl (C=O) groups excluding carboxylic acids is 1. The monoisotopic (exact) mass is 287 g/mol. The molecule has 6 heteroatoms. The van der Waals surface area contributed by atoms with E-state index in [1.54, 1.807) is 0 Å². The summed E-state index contributed by atoms with van der Waals surface area (Å²) in [5.41, 5.74) is 2.21. The lowest BCUT2D eigenvalue weighted by molar-refractivity contribution is 0.0950. The summed E-state index contributed by atoms with van der Waals surface area (Å²) in [7, 11) is 0. The second-order valence-corrected chi connectivity index (χ2v) is 4.89. The van der Waals surface area contributed by atoms with Gasteiger partial charge in [0.15, 0.2) is 11.5 Å². The highest BCUT2D eigenvalue weighted by Gasteiger charge is 2.16. The van der Waals surface area contributed by atoms with Crippen LogP contribution < -0.4 is 14.8 Å². The molecule has 1 amide bonds. The number of hydrogen-bond donors (Lipinski definition) is 2. The Bertz CT molecular complexity index is 651. The van der Waals surface area contributed by atoms with Crippen molar-refractivity contribution in [3.63, 3.8) is 0 Å². The number of carbonyl (C=O) groups is 1. The molecule has 0 radical (unpaired) electrons. The van der Waals surface area contributed by atoms with Crippen LogP contribution in [0.4, 0.5) is 0 Å². The van der Waals surface area contributed by atoms with Gasteiger partial charge in [-0.2, -0.15) is 5.10 Å². The molecule has 3 rings (SSSR count). The van der Waals surface area contributed by atoms with Crippen LogP contribution >= 0.6 is 0 Å². The zero-order valence-corrected chi connectivity index (χ0v) is 11.8. The van der Waals surface area contributed by atoms with Crippen molar-refractivity contribution in [1.29, 1.82) is 0 Å². The number of aromatic amines is 1. The Morgan fingerprint density at radius 1 is 1.38 bits per heavy atom. The number of ether oxygens (including phenoxy) is 2. The summed E-state index contributed by atoms with van der Waals surface area (Å²) in [6.45, 7) is 3.47. The van der Waals surface area contributed by atoms with Crippen molar-refractivity contribution in [2.75, 3.05) is 13.2 Å². The Balaban J connectivity index is 1.74. The predicted molar refractivity (Wildman–Crippen MR) is 76.5 cm³/mol. The molecular weight excluding hydrogens is 270 g/mol. The summed E-state index contributed by atoms with van der Waals surface area (Å²) in [6, 6.07) is 5.71. The van der Waals surface area contributed by atoms with Crippen molar-refractivity contribution < 1.29 is 14.3 Å². The normalized spacial score (nSPS) is 13.6. The van der Waals surface area contributed by atoms with Crippen LogP contribution in [0.25, 0.3) is 0 Å². The van der Waals surface area contributed by atoms with Crippen molar-refractivity contribution >= 4 is 5.91 Å². The van der Waals surface area contributed by atoms with Crippen LogP contribution in [-0.4, -0.2) is 29.3 Å². The van der Waals surface area contributed by atoms with E-state index in [0.29, 0.717) is 25.3 Å². The summed E-state index contributed by atoms with van der Waals surface area (Å²) in [5, 5.41) is 9.48. The van der Waals surface area contributed by atoms with E-state index >= 15 is 0 Å². The highest BCUT2D eigenvalue weighted by molar-refractivity contribution is 5.94. The van der Waals surface area contributed by atoms with Crippen LogP contribution in [0.1, 0.15) is 28.0 Å². The molecule has 2 aromatic rings. The van der Waals surface area contributed by atoms with Crippen molar-refractivity contribution in [2.45, 2.75) is 19.9 Å². The second-order valence-electron chi connectivity index (χ2n) is 4.89. The number of nitrogens with one attached hydrogen (secondary N) is 2. The Morgan fingerprint density at radius 2 is 2.24 bits per heavy atom. The molecule has 1 aromatic heterocycles.